The number of rotatable bonds is 6. The van der Waals surface area contributed by atoms with Gasteiger partial charge < -0.3 is 15.2 Å². The second-order valence-electron chi connectivity index (χ2n) is 3.86. The average Bonchev–Trinajstić information content (AvgIpc) is 2.84. The molecular formula is C12H13N3O3S2. The summed E-state index contributed by atoms with van der Waals surface area (Å²) in [5.41, 5.74) is 1.90. The molecule has 0 saturated heterocycles. The molecule has 0 amide bonds. The summed E-state index contributed by atoms with van der Waals surface area (Å²) < 4.78 is 5.82. The predicted molar refractivity (Wildman–Crippen MR) is 79.3 cm³/mol. The van der Waals surface area contributed by atoms with E-state index in [1.54, 1.807) is 7.11 Å². The maximum atomic E-state index is 10.5. The fourth-order valence-corrected chi connectivity index (χ4v) is 3.01. The summed E-state index contributed by atoms with van der Waals surface area (Å²) in [7, 11) is 1.63. The quantitative estimate of drug-likeness (QED) is 0.793. The molecule has 6 nitrogen and oxygen atoms in total. The molecule has 20 heavy (non-hydrogen) atoms. The van der Waals surface area contributed by atoms with Crippen LogP contribution in [0.2, 0.25) is 0 Å². The number of aryl methyl sites for hydroxylation is 1. The maximum Gasteiger partial charge on any atom is 0.313 e. The molecule has 0 atom stereocenters. The van der Waals surface area contributed by atoms with Crippen molar-refractivity contribution in [2.75, 3.05) is 18.2 Å². The Hall–Kier alpha value is -1.80. The Bertz CT molecular complexity index is 616. The number of thioether (sulfide) groups is 1. The normalized spacial score (nSPS) is 10.3. The summed E-state index contributed by atoms with van der Waals surface area (Å²) in [5.74, 6) is -0.0629. The zero-order valence-corrected chi connectivity index (χ0v) is 12.5. The fraction of sp³-hybridized carbons (Fsp3) is 0.250. The van der Waals surface area contributed by atoms with Gasteiger partial charge in [-0.15, -0.1) is 10.2 Å². The number of hydrogen-bond donors (Lipinski definition) is 2. The lowest BCUT2D eigenvalue weighted by molar-refractivity contribution is -0.133. The molecule has 8 heteroatoms. The number of nitrogens with zero attached hydrogens (tertiary/aromatic N) is 2. The van der Waals surface area contributed by atoms with Crippen LogP contribution in [0.25, 0.3) is 0 Å². The summed E-state index contributed by atoms with van der Waals surface area (Å²) in [5, 5.41) is 20.3. The second kappa shape index (κ2) is 6.58. The lowest BCUT2D eigenvalue weighted by Gasteiger charge is -2.07. The zero-order chi connectivity index (χ0) is 14.5. The minimum absolute atomic E-state index is 0.0176. The highest BCUT2D eigenvalue weighted by molar-refractivity contribution is 8.01. The van der Waals surface area contributed by atoms with Crippen molar-refractivity contribution < 1.29 is 14.6 Å². The molecule has 1 aromatic carbocycles. The summed E-state index contributed by atoms with van der Waals surface area (Å²) in [6.07, 6.45) is 0. The summed E-state index contributed by atoms with van der Waals surface area (Å²) >= 11 is 2.48. The van der Waals surface area contributed by atoms with Crippen molar-refractivity contribution in [2.24, 2.45) is 0 Å². The van der Waals surface area contributed by atoms with Gasteiger partial charge in [0.25, 0.3) is 0 Å². The molecule has 0 aliphatic rings. The SMILES string of the molecule is COc1ccc(Nc2nnc(SCC(=O)O)s2)cc1C. The Morgan fingerprint density at radius 1 is 1.50 bits per heavy atom. The number of ether oxygens (including phenoxy) is 1. The lowest BCUT2D eigenvalue weighted by Crippen LogP contribution is -1.96. The molecule has 2 aromatic rings. The first-order chi connectivity index (χ1) is 9.58. The second-order valence-corrected chi connectivity index (χ2v) is 6.06. The van der Waals surface area contributed by atoms with Gasteiger partial charge in [-0.25, -0.2) is 0 Å². The van der Waals surface area contributed by atoms with Crippen LogP contribution in [0, 0.1) is 6.92 Å². The predicted octanol–water partition coefficient (Wildman–Crippen LogP) is 2.78. The first-order valence-corrected chi connectivity index (χ1v) is 7.48. The van der Waals surface area contributed by atoms with Gasteiger partial charge in [0.15, 0.2) is 4.34 Å². The third-order valence-electron chi connectivity index (χ3n) is 2.37. The van der Waals surface area contributed by atoms with E-state index in [1.807, 2.05) is 25.1 Å². The van der Waals surface area contributed by atoms with E-state index in [4.69, 9.17) is 9.84 Å². The van der Waals surface area contributed by atoms with Crippen molar-refractivity contribution in [3.63, 3.8) is 0 Å². The molecule has 0 saturated carbocycles. The number of carbonyl (C=O) groups is 1. The van der Waals surface area contributed by atoms with Crippen molar-refractivity contribution >= 4 is 39.9 Å². The first kappa shape index (κ1) is 14.6. The molecule has 0 fully saturated rings. The number of methoxy groups -OCH3 is 1. The lowest BCUT2D eigenvalue weighted by atomic mass is 10.2. The van der Waals surface area contributed by atoms with Crippen molar-refractivity contribution in [1.29, 1.82) is 0 Å². The van der Waals surface area contributed by atoms with Crippen LogP contribution >= 0.6 is 23.1 Å². The maximum absolute atomic E-state index is 10.5. The van der Waals surface area contributed by atoms with Crippen LogP contribution in [0.3, 0.4) is 0 Å². The van der Waals surface area contributed by atoms with E-state index in [2.05, 4.69) is 15.5 Å². The Kier molecular flexibility index (Phi) is 4.80. The minimum Gasteiger partial charge on any atom is -0.496 e. The van der Waals surface area contributed by atoms with Crippen LogP contribution in [0.4, 0.5) is 10.8 Å². The average molecular weight is 311 g/mol. The fourth-order valence-electron chi connectivity index (χ4n) is 1.52. The van der Waals surface area contributed by atoms with Crippen LogP contribution in [-0.4, -0.2) is 34.1 Å². The minimum atomic E-state index is -0.870. The van der Waals surface area contributed by atoms with Gasteiger partial charge >= 0.3 is 5.97 Å². The standard InChI is InChI=1S/C12H13N3O3S2/c1-7-5-8(3-4-9(7)18-2)13-11-14-15-12(20-11)19-6-10(16)17/h3-5H,6H2,1-2H3,(H,13,14)(H,16,17). The van der Waals surface area contributed by atoms with Gasteiger partial charge in [0.2, 0.25) is 5.13 Å². The van der Waals surface area contributed by atoms with E-state index in [1.165, 1.54) is 11.3 Å². The zero-order valence-electron chi connectivity index (χ0n) is 10.9. The molecule has 0 spiro atoms. The van der Waals surface area contributed by atoms with E-state index < -0.39 is 5.97 Å². The van der Waals surface area contributed by atoms with Gasteiger partial charge in [0, 0.05) is 5.69 Å². The Morgan fingerprint density at radius 3 is 2.95 bits per heavy atom. The van der Waals surface area contributed by atoms with Gasteiger partial charge in [0.1, 0.15) is 5.75 Å². The number of nitrogens with one attached hydrogen (secondary N) is 1. The summed E-state index contributed by atoms with van der Waals surface area (Å²) in [4.78, 5) is 10.5. The van der Waals surface area contributed by atoms with E-state index in [-0.39, 0.29) is 5.75 Å². The first-order valence-electron chi connectivity index (χ1n) is 5.68. The number of aromatic nitrogens is 2. The van der Waals surface area contributed by atoms with Crippen LogP contribution in [0.5, 0.6) is 5.75 Å². The van der Waals surface area contributed by atoms with Gasteiger partial charge in [-0.2, -0.15) is 0 Å². The largest absolute Gasteiger partial charge is 0.496 e. The molecule has 0 aliphatic carbocycles. The third-order valence-corrected chi connectivity index (χ3v) is 4.33. The Morgan fingerprint density at radius 2 is 2.30 bits per heavy atom. The van der Waals surface area contributed by atoms with E-state index >= 15 is 0 Å². The van der Waals surface area contributed by atoms with Crippen molar-refractivity contribution in [1.82, 2.24) is 10.2 Å². The number of hydrogen-bond acceptors (Lipinski definition) is 7. The van der Waals surface area contributed by atoms with Crippen molar-refractivity contribution in [3.8, 4) is 5.75 Å². The van der Waals surface area contributed by atoms with Crippen LogP contribution in [-0.2, 0) is 4.79 Å². The molecule has 1 heterocycles. The third kappa shape index (κ3) is 3.84. The highest BCUT2D eigenvalue weighted by atomic mass is 32.2. The molecule has 1 aromatic heterocycles. The van der Waals surface area contributed by atoms with E-state index in [9.17, 15) is 4.79 Å². The van der Waals surface area contributed by atoms with Crippen molar-refractivity contribution in [3.05, 3.63) is 23.8 Å². The van der Waals surface area contributed by atoms with E-state index in [0.29, 0.717) is 9.47 Å². The highest BCUT2D eigenvalue weighted by Crippen LogP contribution is 2.29. The summed E-state index contributed by atoms with van der Waals surface area (Å²) in [6, 6.07) is 5.71. The highest BCUT2D eigenvalue weighted by Gasteiger charge is 2.08. The van der Waals surface area contributed by atoms with E-state index in [0.717, 1.165) is 28.8 Å². The topological polar surface area (TPSA) is 84.3 Å². The van der Waals surface area contributed by atoms with Gasteiger partial charge in [-0.1, -0.05) is 23.1 Å². The number of carboxylic acids is 1. The molecule has 0 bridgehead atoms. The molecule has 2 rings (SSSR count). The van der Waals surface area contributed by atoms with Crippen LogP contribution in [0.1, 0.15) is 5.56 Å². The molecular weight excluding hydrogens is 298 g/mol. The number of aliphatic carboxylic acids is 1. The number of benzene rings is 1. The van der Waals surface area contributed by atoms with Crippen molar-refractivity contribution in [2.45, 2.75) is 11.3 Å². The molecule has 106 valence electrons. The van der Waals surface area contributed by atoms with Crippen LogP contribution in [0.15, 0.2) is 22.5 Å². The number of anilines is 2. The summed E-state index contributed by atoms with van der Waals surface area (Å²) in [6.45, 7) is 1.96. The Labute approximate surface area is 124 Å². The molecule has 0 unspecified atom stereocenters. The van der Waals surface area contributed by atoms with Gasteiger partial charge in [-0.3, -0.25) is 4.79 Å². The number of carboxylic acid groups (broad SMARTS) is 1. The van der Waals surface area contributed by atoms with Gasteiger partial charge in [-0.05, 0) is 30.7 Å². The molecule has 2 N–H and O–H groups in total. The monoisotopic (exact) mass is 311 g/mol. The molecule has 0 radical (unpaired) electrons. The smallest absolute Gasteiger partial charge is 0.313 e. The van der Waals surface area contributed by atoms with Crippen LogP contribution < -0.4 is 10.1 Å². The van der Waals surface area contributed by atoms with Gasteiger partial charge in [0.05, 0.1) is 12.9 Å². The Balaban J connectivity index is 2.03. The molecule has 0 aliphatic heterocycles.